The molecule has 6 rings (SSSR count). The van der Waals surface area contributed by atoms with Crippen LogP contribution in [-0.2, 0) is 43.4 Å². The van der Waals surface area contributed by atoms with Crippen molar-refractivity contribution in [2.45, 2.75) is 57.0 Å². The van der Waals surface area contributed by atoms with Gasteiger partial charge in [-0.15, -0.1) is 0 Å². The predicted octanol–water partition coefficient (Wildman–Crippen LogP) is 4.85. The van der Waals surface area contributed by atoms with Crippen LogP contribution < -0.4 is 10.2 Å². The molecule has 2 aliphatic heterocycles. The third kappa shape index (κ3) is 8.76. The lowest BCUT2D eigenvalue weighted by Crippen LogP contribution is -2.42. The van der Waals surface area contributed by atoms with Crippen molar-refractivity contribution in [3.05, 3.63) is 131 Å². The standard InChI is InChI=1S/C38H40N4O7/c1-41(19-17-30-11-5-6-18-39-30)23-32-21-34(28-15-13-26(24-43)14-16-28)49-37(48-32)29-10-7-12-31(20-29)42-35(44)22-33(36(42)45)40-38(46)47-25-27-8-3-2-4-9-27/h2-16,18,20,32-34,37,43H,17,19,21-25H2,1H3,(H,40,46)/t32-,33?,34+,37+/m0/s1. The number of nitrogens with zero attached hydrogens (tertiary/aromatic N) is 3. The highest BCUT2D eigenvalue weighted by atomic mass is 16.7. The highest BCUT2D eigenvalue weighted by Crippen LogP contribution is 2.39. The summed E-state index contributed by atoms with van der Waals surface area (Å²) < 4.78 is 18.3. The highest BCUT2D eigenvalue weighted by Gasteiger charge is 2.41. The minimum atomic E-state index is -1.04. The zero-order valence-electron chi connectivity index (χ0n) is 27.3. The fourth-order valence-electron chi connectivity index (χ4n) is 6.06. The summed E-state index contributed by atoms with van der Waals surface area (Å²) in [7, 11) is 2.05. The molecule has 0 bridgehead atoms. The number of hydrogen-bond donors (Lipinski definition) is 2. The minimum Gasteiger partial charge on any atom is -0.445 e. The maximum Gasteiger partial charge on any atom is 0.408 e. The van der Waals surface area contributed by atoms with Crippen LogP contribution in [0.4, 0.5) is 10.5 Å². The number of aromatic nitrogens is 1. The number of nitrogens with one attached hydrogen (secondary N) is 1. The highest BCUT2D eigenvalue weighted by molar-refractivity contribution is 6.22. The summed E-state index contributed by atoms with van der Waals surface area (Å²) in [6.07, 6.45) is 0.987. The number of imide groups is 1. The summed E-state index contributed by atoms with van der Waals surface area (Å²) in [6.45, 7) is 1.44. The van der Waals surface area contributed by atoms with Gasteiger partial charge in [0, 0.05) is 43.4 Å². The van der Waals surface area contributed by atoms with Crippen molar-refractivity contribution in [1.82, 2.24) is 15.2 Å². The third-order valence-corrected chi connectivity index (χ3v) is 8.66. The summed E-state index contributed by atoms with van der Waals surface area (Å²) in [4.78, 5) is 46.7. The number of amides is 3. The van der Waals surface area contributed by atoms with Crippen molar-refractivity contribution in [3.8, 4) is 0 Å². The van der Waals surface area contributed by atoms with E-state index in [1.165, 1.54) is 0 Å². The van der Waals surface area contributed by atoms with Crippen LogP contribution in [0.1, 0.15) is 53.2 Å². The van der Waals surface area contributed by atoms with Gasteiger partial charge in [0.15, 0.2) is 6.29 Å². The van der Waals surface area contributed by atoms with Crippen LogP contribution in [0.5, 0.6) is 0 Å². The lowest BCUT2D eigenvalue weighted by Gasteiger charge is -2.38. The number of likely N-dealkylation sites (N-methyl/N-ethyl adjacent to an activating group) is 1. The Hall–Kier alpha value is -4.94. The zero-order chi connectivity index (χ0) is 34.2. The van der Waals surface area contributed by atoms with E-state index < -0.39 is 30.2 Å². The number of hydrogen-bond acceptors (Lipinski definition) is 9. The molecule has 3 aromatic carbocycles. The first-order chi connectivity index (χ1) is 23.9. The molecule has 4 aromatic rings. The lowest BCUT2D eigenvalue weighted by atomic mass is 9.99. The first kappa shape index (κ1) is 33.9. The molecule has 11 heteroatoms. The van der Waals surface area contributed by atoms with E-state index in [0.717, 1.165) is 40.2 Å². The Balaban J connectivity index is 1.15. The van der Waals surface area contributed by atoms with Gasteiger partial charge >= 0.3 is 6.09 Å². The van der Waals surface area contributed by atoms with Crippen molar-refractivity contribution in [2.75, 3.05) is 25.0 Å². The van der Waals surface area contributed by atoms with E-state index in [9.17, 15) is 19.5 Å². The Labute approximate surface area is 285 Å². The quantitative estimate of drug-likeness (QED) is 0.204. The fourth-order valence-corrected chi connectivity index (χ4v) is 6.06. The van der Waals surface area contributed by atoms with E-state index >= 15 is 0 Å². The summed E-state index contributed by atoms with van der Waals surface area (Å²) in [5.74, 6) is -0.978. The second-order valence-electron chi connectivity index (χ2n) is 12.3. The van der Waals surface area contributed by atoms with Gasteiger partial charge in [-0.25, -0.2) is 9.69 Å². The van der Waals surface area contributed by atoms with Crippen molar-refractivity contribution >= 4 is 23.6 Å². The molecule has 0 spiro atoms. The maximum atomic E-state index is 13.4. The molecule has 254 valence electrons. The van der Waals surface area contributed by atoms with Gasteiger partial charge in [0.2, 0.25) is 5.91 Å². The molecule has 2 fully saturated rings. The maximum absolute atomic E-state index is 13.4. The third-order valence-electron chi connectivity index (χ3n) is 8.66. The first-order valence-corrected chi connectivity index (χ1v) is 16.4. The molecule has 1 unspecified atom stereocenters. The van der Waals surface area contributed by atoms with Crippen molar-refractivity contribution in [1.29, 1.82) is 0 Å². The van der Waals surface area contributed by atoms with Crippen LogP contribution in [-0.4, -0.2) is 65.2 Å². The molecule has 4 atom stereocenters. The zero-order valence-corrected chi connectivity index (χ0v) is 27.3. The van der Waals surface area contributed by atoms with Gasteiger partial charge in [-0.05, 0) is 48.0 Å². The van der Waals surface area contributed by atoms with Crippen molar-refractivity contribution in [3.63, 3.8) is 0 Å². The first-order valence-electron chi connectivity index (χ1n) is 16.4. The Bertz CT molecular complexity index is 1720. The van der Waals surface area contributed by atoms with Crippen LogP contribution in [0.3, 0.4) is 0 Å². The van der Waals surface area contributed by atoms with Gasteiger partial charge in [-0.1, -0.05) is 72.8 Å². The van der Waals surface area contributed by atoms with Crippen LogP contribution >= 0.6 is 0 Å². The topological polar surface area (TPSA) is 131 Å². The van der Waals surface area contributed by atoms with Crippen LogP contribution in [0, 0.1) is 0 Å². The summed E-state index contributed by atoms with van der Waals surface area (Å²) in [6, 6.07) is 28.7. The Kier molecular flexibility index (Phi) is 11.1. The molecule has 3 heterocycles. The number of aliphatic hydroxyl groups excluding tert-OH is 1. The normalized spacial score (nSPS) is 20.8. The SMILES string of the molecule is CN(CCc1ccccn1)C[C@@H]1C[C@H](c2ccc(CO)cc2)O[C@H](c2cccc(N3C(=O)CC(NC(=O)OCc4ccccc4)C3=O)c2)O1. The molecule has 2 aliphatic rings. The molecule has 2 saturated heterocycles. The molecule has 49 heavy (non-hydrogen) atoms. The number of aliphatic hydroxyl groups is 1. The molecular formula is C38H40N4O7. The molecule has 0 radical (unpaired) electrons. The Morgan fingerprint density at radius 3 is 2.51 bits per heavy atom. The average Bonchev–Trinajstić information content (AvgIpc) is 3.42. The smallest absolute Gasteiger partial charge is 0.408 e. The van der Waals surface area contributed by atoms with E-state index in [0.29, 0.717) is 24.2 Å². The Morgan fingerprint density at radius 1 is 0.959 bits per heavy atom. The van der Waals surface area contributed by atoms with E-state index in [2.05, 4.69) is 22.2 Å². The van der Waals surface area contributed by atoms with E-state index in [4.69, 9.17) is 14.2 Å². The second kappa shape index (κ2) is 16.0. The van der Waals surface area contributed by atoms with Gasteiger partial charge in [-0.2, -0.15) is 0 Å². The molecule has 11 nitrogen and oxygen atoms in total. The number of anilines is 1. The molecule has 0 aliphatic carbocycles. The van der Waals surface area contributed by atoms with Crippen LogP contribution in [0.15, 0.2) is 103 Å². The van der Waals surface area contributed by atoms with Crippen LogP contribution in [0.25, 0.3) is 0 Å². The molecule has 2 N–H and O–H groups in total. The fraction of sp³-hybridized carbons (Fsp3) is 0.316. The summed E-state index contributed by atoms with van der Waals surface area (Å²) in [5.41, 5.74) is 4.60. The predicted molar refractivity (Wildman–Crippen MR) is 181 cm³/mol. The van der Waals surface area contributed by atoms with Gasteiger partial charge in [0.25, 0.3) is 5.91 Å². The monoisotopic (exact) mass is 664 g/mol. The second-order valence-corrected chi connectivity index (χ2v) is 12.3. The van der Waals surface area contributed by atoms with Gasteiger partial charge in [0.05, 0.1) is 30.9 Å². The lowest BCUT2D eigenvalue weighted by molar-refractivity contribution is -0.252. The number of rotatable bonds is 12. The number of benzene rings is 3. The number of ether oxygens (including phenoxy) is 3. The van der Waals surface area contributed by atoms with Crippen LogP contribution in [0.2, 0.25) is 0 Å². The summed E-state index contributed by atoms with van der Waals surface area (Å²) in [5, 5.41) is 12.1. The van der Waals surface area contributed by atoms with Gasteiger partial charge in [-0.3, -0.25) is 14.6 Å². The molecule has 0 saturated carbocycles. The minimum absolute atomic E-state index is 0.0439. The number of pyridine rings is 1. The van der Waals surface area contributed by atoms with E-state index in [-0.39, 0.29) is 31.8 Å². The van der Waals surface area contributed by atoms with E-state index in [1.54, 1.807) is 24.4 Å². The summed E-state index contributed by atoms with van der Waals surface area (Å²) >= 11 is 0. The largest absolute Gasteiger partial charge is 0.445 e. The number of alkyl carbamates (subject to hydrolysis) is 1. The number of carbonyl (C=O) groups is 3. The molecular weight excluding hydrogens is 624 g/mol. The van der Waals surface area contributed by atoms with E-state index in [1.807, 2.05) is 78.9 Å². The van der Waals surface area contributed by atoms with Crippen molar-refractivity contribution < 1.29 is 33.7 Å². The van der Waals surface area contributed by atoms with Crippen molar-refractivity contribution in [2.24, 2.45) is 0 Å². The molecule has 1 aromatic heterocycles. The Morgan fingerprint density at radius 2 is 1.76 bits per heavy atom. The van der Waals surface area contributed by atoms with Gasteiger partial charge < -0.3 is 29.5 Å². The molecule has 3 amide bonds. The average molecular weight is 665 g/mol. The van der Waals surface area contributed by atoms with Gasteiger partial charge in [0.1, 0.15) is 12.6 Å². The number of carbonyl (C=O) groups excluding carboxylic acids is 3.